The quantitative estimate of drug-likeness (QED) is 0.626. The number of hydrogen-bond acceptors (Lipinski definition) is 1. The van der Waals surface area contributed by atoms with Gasteiger partial charge >= 0.3 is 0 Å². The molecule has 0 aliphatic heterocycles. The Balaban J connectivity index is 2.61. The summed E-state index contributed by atoms with van der Waals surface area (Å²) in [6, 6.07) is -3.64. The summed E-state index contributed by atoms with van der Waals surface area (Å²) < 4.78 is 97.4. The van der Waals surface area contributed by atoms with Crippen LogP contribution in [0.2, 0.25) is 0 Å². The van der Waals surface area contributed by atoms with Crippen molar-refractivity contribution in [1.82, 2.24) is 0 Å². The lowest BCUT2D eigenvalue weighted by Crippen LogP contribution is -2.09. The molecular formula is C18H15N. The van der Waals surface area contributed by atoms with Crippen LogP contribution in [0.1, 0.15) is 16.4 Å². The first-order chi connectivity index (χ1) is 14.4. The molecule has 1 nitrogen and oxygen atoms in total. The Morgan fingerprint density at radius 3 is 1.05 bits per heavy atom. The van der Waals surface area contributed by atoms with Crippen LogP contribution < -0.4 is 4.90 Å². The van der Waals surface area contributed by atoms with Gasteiger partial charge in [0, 0.05) is 17.1 Å². The highest BCUT2D eigenvalue weighted by Crippen LogP contribution is 2.33. The van der Waals surface area contributed by atoms with E-state index in [2.05, 4.69) is 0 Å². The van der Waals surface area contributed by atoms with Crippen molar-refractivity contribution < 1.29 is 16.4 Å². The Morgan fingerprint density at radius 2 is 0.789 bits per heavy atom. The van der Waals surface area contributed by atoms with Gasteiger partial charge in [-0.25, -0.2) is 0 Å². The number of benzene rings is 3. The van der Waals surface area contributed by atoms with E-state index in [9.17, 15) is 0 Å². The average molecular weight is 257 g/mol. The second-order valence-corrected chi connectivity index (χ2v) is 3.43. The zero-order valence-corrected chi connectivity index (χ0v) is 9.68. The molecule has 0 aliphatic rings. The van der Waals surface area contributed by atoms with E-state index in [4.69, 9.17) is 16.4 Å². The third-order valence-electron chi connectivity index (χ3n) is 2.25. The second kappa shape index (κ2) is 5.40. The molecule has 0 unspecified atom stereocenters. The molecule has 19 heavy (non-hydrogen) atoms. The number of rotatable bonds is 3. The molecule has 0 bridgehead atoms. The predicted molar refractivity (Wildman–Crippen MR) is 81.1 cm³/mol. The summed E-state index contributed by atoms with van der Waals surface area (Å²) in [5.74, 6) is 0. The molecule has 1 heteroatoms. The van der Waals surface area contributed by atoms with Gasteiger partial charge in [-0.05, 0) is 36.3 Å². The molecule has 3 aromatic rings. The minimum atomic E-state index is -0.609. The second-order valence-electron chi connectivity index (χ2n) is 3.43. The molecule has 0 aliphatic carbocycles. The molecule has 0 saturated carbocycles. The van der Waals surface area contributed by atoms with Crippen LogP contribution in [0.5, 0.6) is 0 Å². The van der Waals surface area contributed by atoms with Gasteiger partial charge in [0.2, 0.25) is 0 Å². The van der Waals surface area contributed by atoms with Crippen LogP contribution in [0.3, 0.4) is 0 Å². The topological polar surface area (TPSA) is 3.24 Å². The van der Waals surface area contributed by atoms with E-state index in [1.165, 1.54) is 0 Å². The zero-order valence-electron chi connectivity index (χ0n) is 21.7. The van der Waals surface area contributed by atoms with Gasteiger partial charge < -0.3 is 4.90 Å². The molecule has 0 radical (unpaired) electrons. The number of anilines is 3. The molecule has 0 spiro atoms. The molecule has 92 valence electrons. The van der Waals surface area contributed by atoms with E-state index in [-0.39, 0.29) is 0 Å². The Morgan fingerprint density at radius 1 is 0.526 bits per heavy atom. The highest BCUT2D eigenvalue weighted by molar-refractivity contribution is 5.76. The van der Waals surface area contributed by atoms with Gasteiger partial charge in [-0.3, -0.25) is 0 Å². The van der Waals surface area contributed by atoms with Crippen molar-refractivity contribution in [3.63, 3.8) is 0 Å². The van der Waals surface area contributed by atoms with Crippen molar-refractivity contribution in [3.8, 4) is 0 Å². The summed E-state index contributed by atoms with van der Waals surface area (Å²) in [7, 11) is 0. The largest absolute Gasteiger partial charge is 0.311 e. The molecule has 0 saturated heterocycles. The molecule has 0 amide bonds. The Bertz CT molecular complexity index is 994. The van der Waals surface area contributed by atoms with Crippen LogP contribution in [-0.4, -0.2) is 0 Å². The lowest BCUT2D eigenvalue weighted by molar-refractivity contribution is 1.28. The van der Waals surface area contributed by atoms with E-state index in [0.717, 1.165) is 23.1 Å². The minimum absolute atomic E-state index is 0.474. The maximum absolute atomic E-state index is 8.29. The van der Waals surface area contributed by atoms with Gasteiger partial charge in [0.05, 0.1) is 16.4 Å². The van der Waals surface area contributed by atoms with Crippen molar-refractivity contribution in [1.29, 1.82) is 0 Å². The van der Waals surface area contributed by atoms with Crippen molar-refractivity contribution >= 4 is 17.1 Å². The maximum Gasteiger partial charge on any atom is 0.0645 e. The third-order valence-corrected chi connectivity index (χ3v) is 2.25. The normalized spacial score (nSPS) is 18.9. The average Bonchev–Trinajstić information content (AvgIpc) is 2.69. The fourth-order valence-electron chi connectivity index (χ4n) is 1.50. The fraction of sp³-hybridized carbons (Fsp3) is 0. The maximum atomic E-state index is 8.29. The van der Waals surface area contributed by atoms with Crippen LogP contribution in [0.25, 0.3) is 0 Å². The number of nitrogens with zero attached hydrogens (tertiary/aromatic N) is 1. The van der Waals surface area contributed by atoms with Crippen LogP contribution in [0.4, 0.5) is 17.1 Å². The summed E-state index contributed by atoms with van der Waals surface area (Å²) in [6.07, 6.45) is 0. The standard InChI is InChI=1S/C18H15N/c1-4-10-16(11-5-1)19(17-12-6-2-7-13-17)18-14-8-3-9-15-18/h1-15H/i4D,5D,6D,7D,8D,9D,10D,11D,12D,13D,14D,15D. The van der Waals surface area contributed by atoms with E-state index in [1.54, 1.807) is 0 Å². The molecule has 0 heterocycles. The lowest BCUT2D eigenvalue weighted by atomic mass is 10.2. The SMILES string of the molecule is [2H]c1cc([2H])c([2H])c(N(c2c([2H])c([2H])cc([2H])c2[2H])c2c([2H])c([2H])cc([2H])c2[2H])c1[2H]. The van der Waals surface area contributed by atoms with Crippen molar-refractivity contribution in [2.24, 2.45) is 0 Å². The van der Waals surface area contributed by atoms with Crippen molar-refractivity contribution in [3.05, 3.63) is 90.7 Å². The van der Waals surface area contributed by atoms with Gasteiger partial charge in [-0.1, -0.05) is 54.5 Å². The first-order valence-corrected chi connectivity index (χ1v) is 5.40. The first kappa shape index (κ1) is 4.24. The monoisotopic (exact) mass is 257 g/mol. The highest BCUT2D eigenvalue weighted by Gasteiger charge is 2.10. The number of hydrogen-bond donors (Lipinski definition) is 0. The molecular weight excluding hydrogens is 230 g/mol. The predicted octanol–water partition coefficient (Wildman–Crippen LogP) is 5.16. The summed E-state index contributed by atoms with van der Waals surface area (Å²) in [4.78, 5) is 0.752. The van der Waals surface area contributed by atoms with Crippen LogP contribution in [-0.2, 0) is 0 Å². The molecule has 3 aromatic carbocycles. The molecule has 0 atom stereocenters. The first-order valence-electron chi connectivity index (χ1n) is 11.4. The van der Waals surface area contributed by atoms with Gasteiger partial charge in [0.1, 0.15) is 0 Å². The van der Waals surface area contributed by atoms with E-state index in [0.29, 0.717) is 0 Å². The summed E-state index contributed by atoms with van der Waals surface area (Å²) in [5.41, 5.74) is -1.55. The van der Waals surface area contributed by atoms with Gasteiger partial charge in [0.15, 0.2) is 0 Å². The van der Waals surface area contributed by atoms with Crippen LogP contribution in [0.15, 0.2) is 90.7 Å². The molecule has 0 fully saturated rings. The summed E-state index contributed by atoms with van der Waals surface area (Å²) in [6.45, 7) is 0. The minimum Gasteiger partial charge on any atom is -0.311 e. The number of para-hydroxylation sites is 3. The van der Waals surface area contributed by atoms with Crippen molar-refractivity contribution in [2.75, 3.05) is 4.90 Å². The molecule has 0 aromatic heterocycles. The Kier molecular flexibility index (Phi) is 1.21. The zero-order chi connectivity index (χ0) is 23.4. The molecule has 3 rings (SSSR count). The van der Waals surface area contributed by atoms with Gasteiger partial charge in [-0.15, -0.1) is 0 Å². The molecule has 0 N–H and O–H groups in total. The highest BCUT2D eigenvalue weighted by atomic mass is 15.1. The smallest absolute Gasteiger partial charge is 0.0645 e. The lowest BCUT2D eigenvalue weighted by Gasteiger charge is -2.25. The fourth-order valence-corrected chi connectivity index (χ4v) is 1.50. The van der Waals surface area contributed by atoms with Crippen LogP contribution >= 0.6 is 0 Å². The van der Waals surface area contributed by atoms with E-state index < -0.39 is 89.6 Å². The summed E-state index contributed by atoms with van der Waals surface area (Å²) in [5, 5.41) is 0. The van der Waals surface area contributed by atoms with Gasteiger partial charge in [-0.2, -0.15) is 0 Å². The van der Waals surface area contributed by atoms with Crippen molar-refractivity contribution in [2.45, 2.75) is 0 Å². The summed E-state index contributed by atoms with van der Waals surface area (Å²) >= 11 is 0. The van der Waals surface area contributed by atoms with E-state index >= 15 is 0 Å². The Labute approximate surface area is 130 Å². The van der Waals surface area contributed by atoms with E-state index in [1.807, 2.05) is 0 Å². The van der Waals surface area contributed by atoms with Crippen LogP contribution in [0, 0.1) is 0 Å². The Hall–Kier alpha value is -2.54. The third kappa shape index (κ3) is 2.50. The van der Waals surface area contributed by atoms with Gasteiger partial charge in [0.25, 0.3) is 0 Å².